The number of ether oxygens (including phenoxy) is 2. The van der Waals surface area contributed by atoms with Crippen LogP contribution in [0.25, 0.3) is 5.69 Å². The molecule has 1 saturated heterocycles. The lowest BCUT2D eigenvalue weighted by Crippen LogP contribution is -2.36. The second-order valence-electron chi connectivity index (χ2n) is 6.13. The average Bonchev–Trinajstić information content (AvgIpc) is 3.10. The third-order valence-electron chi connectivity index (χ3n) is 4.25. The summed E-state index contributed by atoms with van der Waals surface area (Å²) >= 11 is 0. The lowest BCUT2D eigenvalue weighted by molar-refractivity contribution is -0.0521. The molecule has 28 heavy (non-hydrogen) atoms. The summed E-state index contributed by atoms with van der Waals surface area (Å²) in [6.07, 6.45) is 4.50. The van der Waals surface area contributed by atoms with Gasteiger partial charge in [0, 0.05) is 25.2 Å². The van der Waals surface area contributed by atoms with E-state index < -0.39 is 18.2 Å². The van der Waals surface area contributed by atoms with Crippen molar-refractivity contribution in [1.29, 1.82) is 0 Å². The largest absolute Gasteiger partial charge is 0.471 e. The Hall–Kier alpha value is -3.30. The second-order valence-corrected chi connectivity index (χ2v) is 6.13. The van der Waals surface area contributed by atoms with Gasteiger partial charge in [0.25, 0.3) is 0 Å². The molecule has 1 aliphatic heterocycles. The molecule has 146 valence electrons. The van der Waals surface area contributed by atoms with Gasteiger partial charge in [-0.05, 0) is 24.6 Å². The van der Waals surface area contributed by atoms with E-state index in [0.29, 0.717) is 17.3 Å². The van der Waals surface area contributed by atoms with E-state index in [1.165, 1.54) is 17.2 Å². The lowest BCUT2D eigenvalue weighted by Gasteiger charge is -2.32. The van der Waals surface area contributed by atoms with Crippen LogP contribution in [0.4, 0.5) is 18.9 Å². The molecule has 1 aliphatic rings. The number of halogens is 3. The molecule has 2 aromatic heterocycles. The molecule has 4 rings (SSSR count). The molecular formula is C18H16F3N5O2. The molecule has 7 nitrogen and oxygen atoms in total. The summed E-state index contributed by atoms with van der Waals surface area (Å²) in [5.41, 5.74) is 1.88. The van der Waals surface area contributed by atoms with Crippen molar-refractivity contribution in [3.05, 3.63) is 54.2 Å². The van der Waals surface area contributed by atoms with Gasteiger partial charge in [-0.3, -0.25) is 0 Å². The number of anilines is 1. The van der Waals surface area contributed by atoms with Crippen molar-refractivity contribution in [2.24, 2.45) is 0 Å². The van der Waals surface area contributed by atoms with Crippen molar-refractivity contribution in [2.75, 3.05) is 18.0 Å². The van der Waals surface area contributed by atoms with Crippen LogP contribution in [-0.2, 0) is 6.61 Å². The number of hydrogen-bond donors (Lipinski definition) is 0. The molecule has 1 fully saturated rings. The monoisotopic (exact) mass is 391 g/mol. The fourth-order valence-electron chi connectivity index (χ4n) is 2.68. The van der Waals surface area contributed by atoms with E-state index in [0.717, 1.165) is 30.9 Å². The van der Waals surface area contributed by atoms with Gasteiger partial charge in [-0.15, -0.1) is 5.10 Å². The summed E-state index contributed by atoms with van der Waals surface area (Å²) in [5.74, 6) is -0.999. The molecular weight excluding hydrogens is 375 g/mol. The topological polar surface area (TPSA) is 65.3 Å². The minimum Gasteiger partial charge on any atom is -0.471 e. The van der Waals surface area contributed by atoms with Gasteiger partial charge < -0.3 is 14.4 Å². The number of pyridine rings is 1. The summed E-state index contributed by atoms with van der Waals surface area (Å²) in [6.45, 7) is -0.918. The van der Waals surface area contributed by atoms with Crippen LogP contribution >= 0.6 is 0 Å². The Morgan fingerprint density at radius 2 is 1.93 bits per heavy atom. The van der Waals surface area contributed by atoms with Crippen LogP contribution in [0, 0.1) is 5.82 Å². The normalized spacial score (nSPS) is 13.5. The van der Waals surface area contributed by atoms with Crippen LogP contribution < -0.4 is 14.4 Å². The van der Waals surface area contributed by atoms with Crippen molar-refractivity contribution in [1.82, 2.24) is 20.0 Å². The SMILES string of the molecule is Fc1ccc(-n2cc(COc3ccc(N4CCC4)cn3)nn2)cc1OC(F)F. The minimum absolute atomic E-state index is 0.123. The van der Waals surface area contributed by atoms with Gasteiger partial charge >= 0.3 is 6.61 Å². The van der Waals surface area contributed by atoms with E-state index in [9.17, 15) is 13.2 Å². The predicted molar refractivity (Wildman–Crippen MR) is 93.3 cm³/mol. The average molecular weight is 391 g/mol. The molecule has 0 spiro atoms. The maximum Gasteiger partial charge on any atom is 0.387 e. The zero-order valence-corrected chi connectivity index (χ0v) is 14.6. The predicted octanol–water partition coefficient (Wildman–Crippen LogP) is 3.19. The summed E-state index contributed by atoms with van der Waals surface area (Å²) in [4.78, 5) is 6.48. The van der Waals surface area contributed by atoms with Crippen LogP contribution in [0.15, 0.2) is 42.7 Å². The highest BCUT2D eigenvalue weighted by molar-refractivity contribution is 5.47. The molecule has 0 N–H and O–H groups in total. The van der Waals surface area contributed by atoms with Crippen LogP contribution in [0.1, 0.15) is 12.1 Å². The first-order valence-corrected chi connectivity index (χ1v) is 8.58. The Morgan fingerprint density at radius 3 is 2.61 bits per heavy atom. The molecule has 10 heteroatoms. The zero-order valence-electron chi connectivity index (χ0n) is 14.6. The summed E-state index contributed by atoms with van der Waals surface area (Å²) in [5, 5.41) is 7.86. The van der Waals surface area contributed by atoms with Gasteiger partial charge in [-0.2, -0.15) is 8.78 Å². The fraction of sp³-hybridized carbons (Fsp3) is 0.278. The quantitative estimate of drug-likeness (QED) is 0.616. The van der Waals surface area contributed by atoms with Gasteiger partial charge in [0.2, 0.25) is 5.88 Å². The first-order valence-electron chi connectivity index (χ1n) is 8.58. The molecule has 0 aliphatic carbocycles. The van der Waals surface area contributed by atoms with Crippen molar-refractivity contribution >= 4 is 5.69 Å². The molecule has 0 unspecified atom stereocenters. The Bertz CT molecular complexity index is 945. The highest BCUT2D eigenvalue weighted by Gasteiger charge is 2.15. The summed E-state index contributed by atoms with van der Waals surface area (Å²) in [7, 11) is 0. The number of nitrogens with zero attached hydrogens (tertiary/aromatic N) is 5. The third kappa shape index (κ3) is 4.00. The summed E-state index contributed by atoms with van der Waals surface area (Å²) < 4.78 is 49.3. The molecule has 0 amide bonds. The van der Waals surface area contributed by atoms with Crippen LogP contribution in [0.3, 0.4) is 0 Å². The molecule has 3 heterocycles. The van der Waals surface area contributed by atoms with Crippen LogP contribution in [0.2, 0.25) is 0 Å². The van der Waals surface area contributed by atoms with Crippen molar-refractivity contribution < 1.29 is 22.6 Å². The van der Waals surface area contributed by atoms with Crippen LogP contribution in [0.5, 0.6) is 11.6 Å². The van der Waals surface area contributed by atoms with Crippen molar-refractivity contribution in [3.8, 4) is 17.3 Å². The molecule has 1 aromatic carbocycles. The first kappa shape index (κ1) is 18.1. The molecule has 0 atom stereocenters. The van der Waals surface area contributed by atoms with E-state index in [-0.39, 0.29) is 6.61 Å². The number of rotatable bonds is 7. The minimum atomic E-state index is -3.12. The van der Waals surface area contributed by atoms with E-state index in [1.807, 2.05) is 6.07 Å². The zero-order chi connectivity index (χ0) is 19.5. The van der Waals surface area contributed by atoms with E-state index in [1.54, 1.807) is 18.5 Å². The van der Waals surface area contributed by atoms with Gasteiger partial charge in [0.05, 0.1) is 23.8 Å². The lowest BCUT2D eigenvalue weighted by atomic mass is 10.2. The number of benzene rings is 1. The van der Waals surface area contributed by atoms with Crippen molar-refractivity contribution in [2.45, 2.75) is 19.6 Å². The second kappa shape index (κ2) is 7.75. The molecule has 0 radical (unpaired) electrons. The third-order valence-corrected chi connectivity index (χ3v) is 4.25. The smallest absolute Gasteiger partial charge is 0.387 e. The maximum atomic E-state index is 13.5. The van der Waals surface area contributed by atoms with Gasteiger partial charge in [0.15, 0.2) is 11.6 Å². The van der Waals surface area contributed by atoms with Gasteiger partial charge in [-0.25, -0.2) is 14.1 Å². The summed E-state index contributed by atoms with van der Waals surface area (Å²) in [6, 6.07) is 7.25. The molecule has 0 saturated carbocycles. The fourth-order valence-corrected chi connectivity index (χ4v) is 2.68. The standard InChI is InChI=1S/C18H16F3N5O2/c19-15-4-2-13(8-16(15)28-18(20)21)26-10-12(23-24-26)11-27-17-5-3-14(9-22-17)25-6-1-7-25/h2-5,8-10,18H,1,6-7,11H2. The Kier molecular flexibility index (Phi) is 5.00. The van der Waals surface area contributed by atoms with E-state index in [4.69, 9.17) is 4.74 Å². The van der Waals surface area contributed by atoms with Crippen molar-refractivity contribution in [3.63, 3.8) is 0 Å². The van der Waals surface area contributed by atoms with Gasteiger partial charge in [-0.1, -0.05) is 5.21 Å². The highest BCUT2D eigenvalue weighted by atomic mass is 19.3. The van der Waals surface area contributed by atoms with E-state index in [2.05, 4.69) is 24.9 Å². The Labute approximate surface area is 158 Å². The Balaban J connectivity index is 1.40. The number of aromatic nitrogens is 4. The van der Waals surface area contributed by atoms with Crippen LogP contribution in [-0.4, -0.2) is 39.7 Å². The van der Waals surface area contributed by atoms with Gasteiger partial charge in [0.1, 0.15) is 12.3 Å². The molecule has 0 bridgehead atoms. The molecule has 3 aromatic rings. The number of hydrogen-bond acceptors (Lipinski definition) is 6. The first-order chi connectivity index (χ1) is 13.6. The maximum absolute atomic E-state index is 13.5. The van der Waals surface area contributed by atoms with E-state index >= 15 is 0 Å². The Morgan fingerprint density at radius 1 is 1.11 bits per heavy atom. The highest BCUT2D eigenvalue weighted by Crippen LogP contribution is 2.23. The number of alkyl halides is 2.